The van der Waals surface area contributed by atoms with Crippen molar-refractivity contribution >= 4 is 11.9 Å². The van der Waals surface area contributed by atoms with Crippen molar-refractivity contribution in [2.75, 3.05) is 26.4 Å². The van der Waals surface area contributed by atoms with Crippen LogP contribution in [0.5, 0.6) is 0 Å². The lowest BCUT2D eigenvalue weighted by atomic mass is 9.31. The van der Waals surface area contributed by atoms with Crippen LogP contribution >= 0.6 is 0 Å². The molecular formula is C48H76N4O14. The molecule has 8 rings (SSSR count). The summed E-state index contributed by atoms with van der Waals surface area (Å²) in [7, 11) is 0. The highest BCUT2D eigenvalue weighted by Gasteiger charge is 2.74. The first kappa shape index (κ1) is 49.8. The summed E-state index contributed by atoms with van der Waals surface area (Å²) in [6.45, 7) is 8.93. The van der Waals surface area contributed by atoms with E-state index >= 15 is 0 Å². The Bertz CT molecular complexity index is 1970. The SMILES string of the molecule is CC1(CO)CC(O)C2(C(=O)O)CCC3(C)C(=CCC4C5(C)C(CC6C(CO)C(=O)NC6C(CCC(N)O)c6cnc[nH]6)C(O)C(OC6OCC(O)C(O)C6O)C(C)(CO)C5CCC43C)C2C1. The van der Waals surface area contributed by atoms with E-state index in [1.165, 1.54) is 6.33 Å². The average molecular weight is 933 g/mol. The third kappa shape index (κ3) is 7.28. The molecule has 0 bridgehead atoms. The number of allylic oxidation sites excluding steroid dienone is 2. The minimum Gasteiger partial charge on any atom is -0.481 e. The van der Waals surface area contributed by atoms with Crippen molar-refractivity contribution < 1.29 is 70.1 Å². The van der Waals surface area contributed by atoms with E-state index in [0.29, 0.717) is 44.2 Å². The van der Waals surface area contributed by atoms with Crippen molar-refractivity contribution in [3.63, 3.8) is 0 Å². The Morgan fingerprint density at radius 3 is 2.32 bits per heavy atom. The first-order valence-electron chi connectivity index (χ1n) is 24.2. The van der Waals surface area contributed by atoms with Crippen LogP contribution in [0.1, 0.15) is 110 Å². The smallest absolute Gasteiger partial charge is 0.312 e. The number of aliphatic hydroxyl groups excluding tert-OH is 9. The zero-order valence-electron chi connectivity index (χ0n) is 39.0. The van der Waals surface area contributed by atoms with Gasteiger partial charge in [0.05, 0.1) is 50.4 Å². The Labute approximate surface area is 386 Å². The fourth-order valence-electron chi connectivity index (χ4n) is 16.1. The highest BCUT2D eigenvalue weighted by Crippen LogP contribution is 2.77. The number of carboxylic acid groups (broad SMARTS) is 1. The number of H-pyrrole nitrogens is 1. The lowest BCUT2D eigenvalue weighted by Crippen LogP contribution is -2.72. The van der Waals surface area contributed by atoms with Crippen LogP contribution in [0.15, 0.2) is 24.2 Å². The lowest BCUT2D eigenvalue weighted by Gasteiger charge is -2.73. The number of hydrogen-bond acceptors (Lipinski definition) is 15. The van der Waals surface area contributed by atoms with Crippen molar-refractivity contribution in [3.05, 3.63) is 29.9 Å². The maximum atomic E-state index is 14.0. The Hall–Kier alpha value is -2.59. The molecule has 22 atom stereocenters. The standard InChI is InChI=1S/C48H76N4O14/c1-43(20-54)15-28-26-7-8-32-46(4,45(26,3)12-13-48(28,42(63)64)33(57)16-43)11-10-31-44(2,21-55)39(66-41-38(61)37(60)30(56)19-65-41)36(59)27(47(31,32)5)14-24-25(18-53)40(62)52-35(24)23(6-9-34(49)58)29-17-50-22-51-29/h7,17,22-25,27-28,30-39,41,53-61H,6,8-16,18-21,49H2,1-5H3,(H,50,51)(H,52,62)(H,63,64). The number of carbonyl (C=O) groups excluding carboxylic acids is 1. The second-order valence-electron chi connectivity index (χ2n) is 23.0. The van der Waals surface area contributed by atoms with E-state index in [0.717, 1.165) is 5.57 Å². The number of aliphatic carboxylic acids is 1. The molecule has 18 nitrogen and oxygen atoms in total. The summed E-state index contributed by atoms with van der Waals surface area (Å²) in [5, 5.41) is 115. The average Bonchev–Trinajstić information content (AvgIpc) is 3.91. The van der Waals surface area contributed by atoms with E-state index in [1.54, 1.807) is 6.20 Å². The number of hydrogen-bond donors (Lipinski definition) is 13. The van der Waals surface area contributed by atoms with E-state index < -0.39 is 136 Å². The van der Waals surface area contributed by atoms with Gasteiger partial charge in [-0.05, 0) is 115 Å². The van der Waals surface area contributed by atoms with Gasteiger partial charge in [-0.1, -0.05) is 46.3 Å². The van der Waals surface area contributed by atoms with Gasteiger partial charge in [-0.2, -0.15) is 0 Å². The molecule has 5 aliphatic carbocycles. The Morgan fingerprint density at radius 1 is 0.970 bits per heavy atom. The van der Waals surface area contributed by atoms with Crippen LogP contribution < -0.4 is 11.1 Å². The second kappa shape index (κ2) is 17.7. The third-order valence-corrected chi connectivity index (χ3v) is 20.0. The first-order chi connectivity index (χ1) is 31.0. The van der Waals surface area contributed by atoms with Gasteiger partial charge in [-0.25, -0.2) is 4.98 Å². The van der Waals surface area contributed by atoms with Gasteiger partial charge in [0, 0.05) is 35.9 Å². The molecular weight excluding hydrogens is 857 g/mol. The minimum absolute atomic E-state index is 0.170. The van der Waals surface area contributed by atoms with Gasteiger partial charge in [0.25, 0.3) is 0 Å². The first-order valence-corrected chi connectivity index (χ1v) is 24.2. The number of aromatic amines is 1. The van der Waals surface area contributed by atoms with E-state index in [1.807, 2.05) is 13.8 Å². The molecule has 0 spiro atoms. The van der Waals surface area contributed by atoms with Gasteiger partial charge in [0.15, 0.2) is 6.29 Å². The summed E-state index contributed by atoms with van der Waals surface area (Å²) in [4.78, 5) is 34.9. The van der Waals surface area contributed by atoms with Crippen LogP contribution in [-0.4, -0.2) is 155 Å². The van der Waals surface area contributed by atoms with Gasteiger partial charge in [0.1, 0.15) is 30.0 Å². The number of aromatic nitrogens is 2. The maximum Gasteiger partial charge on any atom is 0.312 e. The summed E-state index contributed by atoms with van der Waals surface area (Å²) < 4.78 is 12.4. The number of rotatable bonds is 13. The van der Waals surface area contributed by atoms with Crippen LogP contribution in [-0.2, 0) is 19.1 Å². The highest BCUT2D eigenvalue weighted by molar-refractivity contribution is 5.82. The predicted molar refractivity (Wildman–Crippen MR) is 235 cm³/mol. The molecule has 0 aromatic carbocycles. The van der Waals surface area contributed by atoms with Crippen molar-refractivity contribution in [1.82, 2.24) is 15.3 Å². The minimum atomic E-state index is -1.68. The summed E-state index contributed by atoms with van der Waals surface area (Å²) >= 11 is 0. The van der Waals surface area contributed by atoms with Crippen LogP contribution in [0, 0.1) is 68.0 Å². The van der Waals surface area contributed by atoms with Crippen molar-refractivity contribution in [2.24, 2.45) is 73.7 Å². The number of aliphatic hydroxyl groups is 9. The second-order valence-corrected chi connectivity index (χ2v) is 23.0. The Morgan fingerprint density at radius 2 is 1.70 bits per heavy atom. The van der Waals surface area contributed by atoms with E-state index in [9.17, 15) is 60.7 Å². The molecule has 1 aromatic heterocycles. The molecule has 22 unspecified atom stereocenters. The van der Waals surface area contributed by atoms with Crippen LogP contribution in [0.4, 0.5) is 0 Å². The van der Waals surface area contributed by atoms with Crippen molar-refractivity contribution in [3.8, 4) is 0 Å². The molecule has 2 saturated heterocycles. The molecule has 0 radical (unpaired) electrons. The maximum absolute atomic E-state index is 14.0. The third-order valence-electron chi connectivity index (χ3n) is 20.0. The number of fused-ring (bicyclic) bond motifs is 7. The van der Waals surface area contributed by atoms with Gasteiger partial charge < -0.3 is 76.6 Å². The van der Waals surface area contributed by atoms with E-state index in [2.05, 4.69) is 42.1 Å². The summed E-state index contributed by atoms with van der Waals surface area (Å²) in [5.74, 6) is -5.16. The van der Waals surface area contributed by atoms with Gasteiger partial charge in [0.2, 0.25) is 5.91 Å². The number of nitrogens with zero attached hydrogens (tertiary/aromatic N) is 1. The number of imidazole rings is 1. The van der Waals surface area contributed by atoms with Crippen LogP contribution in [0.3, 0.4) is 0 Å². The largest absolute Gasteiger partial charge is 0.481 e. The fourth-order valence-corrected chi connectivity index (χ4v) is 16.1. The molecule has 6 fully saturated rings. The molecule has 14 N–H and O–H groups in total. The van der Waals surface area contributed by atoms with Gasteiger partial charge in [-0.15, -0.1) is 0 Å². The number of carbonyl (C=O) groups is 2. The Kier molecular flexibility index (Phi) is 13.3. The van der Waals surface area contributed by atoms with Crippen molar-refractivity contribution in [2.45, 2.75) is 160 Å². The van der Waals surface area contributed by atoms with Gasteiger partial charge >= 0.3 is 5.97 Å². The van der Waals surface area contributed by atoms with Gasteiger partial charge in [-0.3, -0.25) is 9.59 Å². The molecule has 66 heavy (non-hydrogen) atoms. The number of carboxylic acids is 1. The van der Waals surface area contributed by atoms with Crippen molar-refractivity contribution in [1.29, 1.82) is 0 Å². The van der Waals surface area contributed by atoms with Crippen LogP contribution in [0.25, 0.3) is 0 Å². The van der Waals surface area contributed by atoms with Crippen LogP contribution in [0.2, 0.25) is 0 Å². The number of nitrogens with one attached hydrogen (secondary N) is 2. The molecule has 1 aromatic rings. The zero-order valence-corrected chi connectivity index (χ0v) is 39.0. The monoisotopic (exact) mass is 933 g/mol. The molecule has 4 saturated carbocycles. The molecule has 372 valence electrons. The molecule has 2 aliphatic heterocycles. The predicted octanol–water partition coefficient (Wildman–Crippen LogP) is 0.487. The summed E-state index contributed by atoms with van der Waals surface area (Å²) in [6.07, 6.45) is -2.03. The highest BCUT2D eigenvalue weighted by atomic mass is 16.7. The quantitative estimate of drug-likeness (QED) is 0.0727. The molecule has 7 aliphatic rings. The molecule has 3 heterocycles. The topological polar surface area (TPSA) is 322 Å². The number of ether oxygens (including phenoxy) is 2. The molecule has 1 amide bonds. The zero-order chi connectivity index (χ0) is 48.1. The molecule has 18 heteroatoms. The number of nitrogens with two attached hydrogens (primary N) is 1. The normalized spacial score (nSPS) is 49.9. The summed E-state index contributed by atoms with van der Waals surface area (Å²) in [6, 6.07) is -0.611. The fraction of sp³-hybridized carbons (Fsp3) is 0.854. The van der Waals surface area contributed by atoms with E-state index in [-0.39, 0.29) is 56.6 Å². The summed E-state index contributed by atoms with van der Waals surface area (Å²) in [5.41, 5.74) is 2.25. The van der Waals surface area contributed by atoms with E-state index in [4.69, 9.17) is 15.2 Å². The lowest BCUT2D eigenvalue weighted by molar-refractivity contribution is -0.340. The Balaban J connectivity index is 1.27. The number of amides is 1.